The second-order valence-corrected chi connectivity index (χ2v) is 4.15. The highest BCUT2D eigenvalue weighted by Crippen LogP contribution is 2.32. The lowest BCUT2D eigenvalue weighted by Gasteiger charge is -2.21. The average Bonchev–Trinajstić information content (AvgIpc) is 2.30. The van der Waals surface area contributed by atoms with Crippen LogP contribution in [0.4, 0.5) is 4.39 Å². The molecule has 1 fully saturated rings. The first kappa shape index (κ1) is 11.1. The van der Waals surface area contributed by atoms with Crippen LogP contribution in [-0.2, 0) is 4.79 Å². The Balaban J connectivity index is 2.28. The van der Waals surface area contributed by atoms with E-state index in [2.05, 4.69) is 0 Å². The van der Waals surface area contributed by atoms with E-state index in [0.717, 1.165) is 19.3 Å². The van der Waals surface area contributed by atoms with Gasteiger partial charge in [0.2, 0.25) is 0 Å². The van der Waals surface area contributed by atoms with Crippen LogP contribution in [0, 0.1) is 5.82 Å². The van der Waals surface area contributed by atoms with Crippen LogP contribution < -0.4 is 4.74 Å². The summed E-state index contributed by atoms with van der Waals surface area (Å²) >= 11 is 0. The molecule has 1 atom stereocenters. The minimum Gasteiger partial charge on any atom is -0.497 e. The van der Waals surface area contributed by atoms with Crippen molar-refractivity contribution >= 4 is 5.78 Å². The molecule has 0 aromatic heterocycles. The number of carbonyl (C=O) groups is 1. The minimum atomic E-state index is -0.334. The molecule has 1 aromatic carbocycles. The summed E-state index contributed by atoms with van der Waals surface area (Å²) in [4.78, 5) is 11.7. The molecular formula is C13H15FO2. The van der Waals surface area contributed by atoms with Crippen molar-refractivity contribution < 1.29 is 13.9 Å². The largest absolute Gasteiger partial charge is 0.497 e. The Morgan fingerprint density at radius 2 is 2.19 bits per heavy atom. The van der Waals surface area contributed by atoms with Crippen molar-refractivity contribution in [2.45, 2.75) is 31.6 Å². The van der Waals surface area contributed by atoms with Gasteiger partial charge < -0.3 is 4.74 Å². The van der Waals surface area contributed by atoms with E-state index in [0.29, 0.717) is 17.7 Å². The van der Waals surface area contributed by atoms with E-state index >= 15 is 0 Å². The lowest BCUT2D eigenvalue weighted by atomic mass is 9.83. The van der Waals surface area contributed by atoms with Crippen molar-refractivity contribution in [2.75, 3.05) is 7.11 Å². The standard InChI is InChI=1S/C13H15FO2/c1-16-9-6-7-10(12(14)8-9)11-4-2-3-5-13(11)15/h6-8,11H,2-5H2,1H3. The molecule has 16 heavy (non-hydrogen) atoms. The lowest BCUT2D eigenvalue weighted by Crippen LogP contribution is -2.18. The van der Waals surface area contributed by atoms with Crippen molar-refractivity contribution in [2.24, 2.45) is 0 Å². The Labute approximate surface area is 94.4 Å². The monoisotopic (exact) mass is 222 g/mol. The number of ether oxygens (including phenoxy) is 1. The van der Waals surface area contributed by atoms with E-state index in [1.165, 1.54) is 13.2 Å². The lowest BCUT2D eigenvalue weighted by molar-refractivity contribution is -0.121. The predicted molar refractivity (Wildman–Crippen MR) is 59.2 cm³/mol. The molecule has 0 bridgehead atoms. The van der Waals surface area contributed by atoms with E-state index < -0.39 is 0 Å². The first-order valence-electron chi connectivity index (χ1n) is 5.58. The quantitative estimate of drug-likeness (QED) is 0.768. The predicted octanol–water partition coefficient (Wildman–Crippen LogP) is 3.06. The third kappa shape index (κ3) is 2.08. The maximum Gasteiger partial charge on any atom is 0.140 e. The van der Waals surface area contributed by atoms with Crippen LogP contribution >= 0.6 is 0 Å². The van der Waals surface area contributed by atoms with Crippen LogP contribution in [0.15, 0.2) is 18.2 Å². The zero-order valence-corrected chi connectivity index (χ0v) is 9.33. The van der Waals surface area contributed by atoms with Gasteiger partial charge in [-0.2, -0.15) is 0 Å². The molecule has 0 N–H and O–H groups in total. The third-order valence-corrected chi connectivity index (χ3v) is 3.14. The van der Waals surface area contributed by atoms with Crippen molar-refractivity contribution in [3.63, 3.8) is 0 Å². The van der Waals surface area contributed by atoms with Crippen LogP contribution in [0.25, 0.3) is 0 Å². The number of carbonyl (C=O) groups excluding carboxylic acids is 1. The van der Waals surface area contributed by atoms with Gasteiger partial charge in [0, 0.05) is 18.4 Å². The molecule has 0 heterocycles. The molecule has 1 aromatic rings. The molecule has 2 nitrogen and oxygen atoms in total. The fourth-order valence-corrected chi connectivity index (χ4v) is 2.23. The smallest absolute Gasteiger partial charge is 0.140 e. The van der Waals surface area contributed by atoms with Crippen LogP contribution in [-0.4, -0.2) is 12.9 Å². The Hall–Kier alpha value is -1.38. The number of hydrogen-bond donors (Lipinski definition) is 0. The van der Waals surface area contributed by atoms with Gasteiger partial charge in [0.05, 0.1) is 7.11 Å². The highest BCUT2D eigenvalue weighted by molar-refractivity contribution is 5.86. The van der Waals surface area contributed by atoms with E-state index in [1.807, 2.05) is 0 Å². The number of halogens is 1. The molecule has 0 radical (unpaired) electrons. The Morgan fingerprint density at radius 1 is 1.38 bits per heavy atom. The van der Waals surface area contributed by atoms with Gasteiger partial charge in [-0.1, -0.05) is 12.5 Å². The summed E-state index contributed by atoms with van der Waals surface area (Å²) in [6.45, 7) is 0. The van der Waals surface area contributed by atoms with Gasteiger partial charge in [-0.25, -0.2) is 4.39 Å². The molecule has 2 rings (SSSR count). The Kier molecular flexibility index (Phi) is 3.22. The van der Waals surface area contributed by atoms with E-state index in [4.69, 9.17) is 4.74 Å². The summed E-state index contributed by atoms with van der Waals surface area (Å²) in [5.41, 5.74) is 0.519. The molecule has 1 aliphatic carbocycles. The third-order valence-electron chi connectivity index (χ3n) is 3.14. The summed E-state index contributed by atoms with van der Waals surface area (Å²) in [5.74, 6) is 0.0686. The number of benzene rings is 1. The molecule has 0 aliphatic heterocycles. The molecule has 0 amide bonds. The van der Waals surface area contributed by atoms with E-state index in [1.54, 1.807) is 12.1 Å². The average molecular weight is 222 g/mol. The van der Waals surface area contributed by atoms with Gasteiger partial charge in [-0.05, 0) is 24.5 Å². The number of Topliss-reactive ketones (excluding diaryl/α,β-unsaturated/α-hetero) is 1. The van der Waals surface area contributed by atoms with Gasteiger partial charge in [-0.3, -0.25) is 4.79 Å². The number of hydrogen-bond acceptors (Lipinski definition) is 2. The number of rotatable bonds is 2. The first-order chi connectivity index (χ1) is 7.72. The maximum atomic E-state index is 13.8. The highest BCUT2D eigenvalue weighted by atomic mass is 19.1. The number of methoxy groups -OCH3 is 1. The van der Waals surface area contributed by atoms with Crippen LogP contribution in [0.5, 0.6) is 5.75 Å². The SMILES string of the molecule is COc1ccc(C2CCCCC2=O)c(F)c1. The second kappa shape index (κ2) is 4.64. The van der Waals surface area contributed by atoms with Crippen molar-refractivity contribution in [3.8, 4) is 5.75 Å². The molecule has 0 saturated heterocycles. The van der Waals surface area contributed by atoms with Crippen LogP contribution in [0.2, 0.25) is 0 Å². The normalized spacial score (nSPS) is 20.9. The topological polar surface area (TPSA) is 26.3 Å². The first-order valence-corrected chi connectivity index (χ1v) is 5.58. The van der Waals surface area contributed by atoms with E-state index in [-0.39, 0.29) is 17.5 Å². The molecule has 0 spiro atoms. The van der Waals surface area contributed by atoms with Crippen LogP contribution in [0.3, 0.4) is 0 Å². The zero-order valence-electron chi connectivity index (χ0n) is 9.33. The van der Waals surface area contributed by atoms with Gasteiger partial charge in [0.25, 0.3) is 0 Å². The summed E-state index contributed by atoms with van der Waals surface area (Å²) in [6, 6.07) is 4.72. The molecule has 1 unspecified atom stereocenters. The minimum absolute atomic E-state index is 0.162. The zero-order chi connectivity index (χ0) is 11.5. The summed E-state index contributed by atoms with van der Waals surface area (Å²) < 4.78 is 18.7. The molecule has 86 valence electrons. The molecular weight excluding hydrogens is 207 g/mol. The van der Waals surface area contributed by atoms with Crippen molar-refractivity contribution in [3.05, 3.63) is 29.6 Å². The fraction of sp³-hybridized carbons (Fsp3) is 0.462. The Morgan fingerprint density at radius 3 is 2.81 bits per heavy atom. The van der Waals surface area contributed by atoms with Crippen molar-refractivity contribution in [1.29, 1.82) is 0 Å². The highest BCUT2D eigenvalue weighted by Gasteiger charge is 2.26. The molecule has 1 saturated carbocycles. The van der Waals surface area contributed by atoms with Crippen LogP contribution in [0.1, 0.15) is 37.2 Å². The maximum absolute atomic E-state index is 13.8. The molecule has 1 aliphatic rings. The summed E-state index contributed by atoms with van der Waals surface area (Å²) in [5, 5.41) is 0. The summed E-state index contributed by atoms with van der Waals surface area (Å²) in [7, 11) is 1.50. The molecule has 3 heteroatoms. The van der Waals surface area contributed by atoms with Gasteiger partial charge in [0.1, 0.15) is 17.3 Å². The summed E-state index contributed by atoms with van der Waals surface area (Å²) in [6.07, 6.45) is 3.28. The van der Waals surface area contributed by atoms with Gasteiger partial charge in [0.15, 0.2) is 0 Å². The van der Waals surface area contributed by atoms with Crippen molar-refractivity contribution in [1.82, 2.24) is 0 Å². The van der Waals surface area contributed by atoms with Gasteiger partial charge in [-0.15, -0.1) is 0 Å². The number of ketones is 1. The fourth-order valence-electron chi connectivity index (χ4n) is 2.23. The Bertz CT molecular complexity index is 401. The van der Waals surface area contributed by atoms with E-state index in [9.17, 15) is 9.18 Å². The second-order valence-electron chi connectivity index (χ2n) is 4.15. The van der Waals surface area contributed by atoms with Gasteiger partial charge >= 0.3 is 0 Å².